The Kier molecular flexibility index (Phi) is 3.70. The lowest BCUT2D eigenvalue weighted by Gasteiger charge is -2.09. The minimum absolute atomic E-state index is 0.120. The first kappa shape index (κ1) is 12.9. The van der Waals surface area contributed by atoms with Gasteiger partial charge in [0.2, 0.25) is 0 Å². The van der Waals surface area contributed by atoms with Gasteiger partial charge in [0, 0.05) is 12.4 Å². The van der Waals surface area contributed by atoms with Gasteiger partial charge in [-0.15, -0.1) is 0 Å². The van der Waals surface area contributed by atoms with E-state index in [1.54, 1.807) is 12.1 Å². The SMILES string of the molecule is O=C(O)c1cc(OC(F)F)cc(-c2ccncc2)c1. The van der Waals surface area contributed by atoms with Gasteiger partial charge in [-0.3, -0.25) is 4.98 Å². The zero-order chi connectivity index (χ0) is 13.8. The van der Waals surface area contributed by atoms with Crippen molar-refractivity contribution in [1.82, 2.24) is 4.98 Å². The van der Waals surface area contributed by atoms with Crippen LogP contribution in [0.3, 0.4) is 0 Å². The van der Waals surface area contributed by atoms with Crippen LogP contribution < -0.4 is 4.74 Å². The van der Waals surface area contributed by atoms with Crippen molar-refractivity contribution in [2.24, 2.45) is 0 Å². The van der Waals surface area contributed by atoms with Gasteiger partial charge in [0.15, 0.2) is 0 Å². The molecule has 6 heteroatoms. The number of alkyl halides is 2. The number of aromatic carboxylic acids is 1. The minimum atomic E-state index is -3.01. The Morgan fingerprint density at radius 1 is 1.16 bits per heavy atom. The molecule has 19 heavy (non-hydrogen) atoms. The summed E-state index contributed by atoms with van der Waals surface area (Å²) in [6.45, 7) is -3.01. The highest BCUT2D eigenvalue weighted by molar-refractivity contribution is 5.90. The van der Waals surface area contributed by atoms with Crippen LogP contribution in [0.5, 0.6) is 5.75 Å². The van der Waals surface area contributed by atoms with E-state index in [-0.39, 0.29) is 11.3 Å². The summed E-state index contributed by atoms with van der Waals surface area (Å²) in [7, 11) is 0. The second kappa shape index (κ2) is 5.43. The first-order valence-electron chi connectivity index (χ1n) is 5.30. The number of aromatic nitrogens is 1. The zero-order valence-electron chi connectivity index (χ0n) is 9.59. The van der Waals surface area contributed by atoms with Crippen molar-refractivity contribution < 1.29 is 23.4 Å². The highest BCUT2D eigenvalue weighted by atomic mass is 19.3. The molecule has 0 atom stereocenters. The molecular weight excluding hydrogens is 256 g/mol. The van der Waals surface area contributed by atoms with Crippen molar-refractivity contribution in [3.05, 3.63) is 48.3 Å². The van der Waals surface area contributed by atoms with Gasteiger partial charge in [0.25, 0.3) is 0 Å². The van der Waals surface area contributed by atoms with Crippen LogP contribution in [-0.4, -0.2) is 22.7 Å². The fourth-order valence-corrected chi connectivity index (χ4v) is 1.60. The van der Waals surface area contributed by atoms with Crippen LogP contribution >= 0.6 is 0 Å². The second-order valence-electron chi connectivity index (χ2n) is 3.67. The van der Waals surface area contributed by atoms with Gasteiger partial charge in [-0.05, 0) is 41.5 Å². The molecule has 0 amide bonds. The molecule has 0 saturated heterocycles. The molecule has 0 aliphatic rings. The van der Waals surface area contributed by atoms with Crippen molar-refractivity contribution in [2.45, 2.75) is 6.61 Å². The summed E-state index contributed by atoms with van der Waals surface area (Å²) < 4.78 is 28.7. The van der Waals surface area contributed by atoms with Crippen molar-refractivity contribution in [2.75, 3.05) is 0 Å². The van der Waals surface area contributed by atoms with Crippen LogP contribution in [0.4, 0.5) is 8.78 Å². The van der Waals surface area contributed by atoms with E-state index in [1.807, 2.05) is 0 Å². The van der Waals surface area contributed by atoms with Gasteiger partial charge in [0.05, 0.1) is 5.56 Å². The van der Waals surface area contributed by atoms with E-state index in [0.717, 1.165) is 6.07 Å². The summed E-state index contributed by atoms with van der Waals surface area (Å²) in [5, 5.41) is 8.96. The quantitative estimate of drug-likeness (QED) is 0.923. The average molecular weight is 265 g/mol. The van der Waals surface area contributed by atoms with E-state index in [1.165, 1.54) is 24.5 Å². The molecule has 1 aromatic heterocycles. The molecule has 1 aromatic carbocycles. The van der Waals surface area contributed by atoms with Crippen molar-refractivity contribution >= 4 is 5.97 Å². The molecule has 0 unspecified atom stereocenters. The number of benzene rings is 1. The van der Waals surface area contributed by atoms with Crippen LogP contribution in [0.25, 0.3) is 11.1 Å². The molecule has 0 radical (unpaired) electrons. The maximum absolute atomic E-state index is 12.2. The lowest BCUT2D eigenvalue weighted by molar-refractivity contribution is -0.0498. The van der Waals surface area contributed by atoms with E-state index in [9.17, 15) is 13.6 Å². The van der Waals surface area contributed by atoms with Gasteiger partial charge in [0.1, 0.15) is 5.75 Å². The molecule has 0 fully saturated rings. The lowest BCUT2D eigenvalue weighted by atomic mass is 10.0. The Balaban J connectivity index is 2.48. The number of ether oxygens (including phenoxy) is 1. The summed E-state index contributed by atoms with van der Waals surface area (Å²) in [5.74, 6) is -1.41. The molecule has 2 rings (SSSR count). The smallest absolute Gasteiger partial charge is 0.387 e. The highest BCUT2D eigenvalue weighted by Gasteiger charge is 2.12. The first-order chi connectivity index (χ1) is 9.06. The van der Waals surface area contributed by atoms with Gasteiger partial charge in [-0.2, -0.15) is 8.78 Å². The van der Waals surface area contributed by atoms with E-state index < -0.39 is 12.6 Å². The van der Waals surface area contributed by atoms with Crippen LogP contribution in [-0.2, 0) is 0 Å². The largest absolute Gasteiger partial charge is 0.478 e. The third-order valence-electron chi connectivity index (χ3n) is 2.39. The van der Waals surface area contributed by atoms with E-state index in [0.29, 0.717) is 11.1 Å². The molecule has 0 spiro atoms. The number of hydrogen-bond donors (Lipinski definition) is 1. The summed E-state index contributed by atoms with van der Waals surface area (Å²) in [5.41, 5.74) is 1.01. The highest BCUT2D eigenvalue weighted by Crippen LogP contribution is 2.26. The zero-order valence-corrected chi connectivity index (χ0v) is 9.59. The molecule has 0 bridgehead atoms. The standard InChI is InChI=1S/C13H9F2NO3/c14-13(15)19-11-6-9(5-10(7-11)12(17)18)8-1-3-16-4-2-8/h1-7,13H,(H,17,18). The number of carboxylic acid groups (broad SMARTS) is 1. The Morgan fingerprint density at radius 2 is 1.84 bits per heavy atom. The number of carbonyl (C=O) groups is 1. The number of pyridine rings is 1. The third kappa shape index (κ3) is 3.25. The molecule has 0 aliphatic carbocycles. The van der Waals surface area contributed by atoms with Crippen LogP contribution in [0, 0.1) is 0 Å². The van der Waals surface area contributed by atoms with Crippen LogP contribution in [0.2, 0.25) is 0 Å². The maximum Gasteiger partial charge on any atom is 0.387 e. The molecule has 1 heterocycles. The van der Waals surface area contributed by atoms with Gasteiger partial charge in [-0.1, -0.05) is 0 Å². The molecule has 0 saturated carbocycles. The number of nitrogens with zero attached hydrogens (tertiary/aromatic N) is 1. The number of halogens is 2. The molecule has 2 aromatic rings. The van der Waals surface area contributed by atoms with Crippen molar-refractivity contribution in [1.29, 1.82) is 0 Å². The fourth-order valence-electron chi connectivity index (χ4n) is 1.60. The van der Waals surface area contributed by atoms with Crippen LogP contribution in [0.15, 0.2) is 42.7 Å². The predicted octanol–water partition coefficient (Wildman–Crippen LogP) is 3.05. The Hall–Kier alpha value is -2.50. The van der Waals surface area contributed by atoms with Gasteiger partial charge in [-0.25, -0.2) is 4.79 Å². The topological polar surface area (TPSA) is 59.4 Å². The van der Waals surface area contributed by atoms with Crippen molar-refractivity contribution in [3.63, 3.8) is 0 Å². The number of carboxylic acids is 1. The molecule has 0 aliphatic heterocycles. The number of hydrogen-bond acceptors (Lipinski definition) is 3. The summed E-state index contributed by atoms with van der Waals surface area (Å²) in [6.07, 6.45) is 3.05. The monoisotopic (exact) mass is 265 g/mol. The summed E-state index contributed by atoms with van der Waals surface area (Å²) >= 11 is 0. The molecule has 98 valence electrons. The summed E-state index contributed by atoms with van der Waals surface area (Å²) in [6, 6.07) is 7.09. The summed E-state index contributed by atoms with van der Waals surface area (Å²) in [4.78, 5) is 14.8. The Labute approximate surface area is 107 Å². The van der Waals surface area contributed by atoms with Crippen LogP contribution in [0.1, 0.15) is 10.4 Å². The predicted molar refractivity (Wildman–Crippen MR) is 63.3 cm³/mol. The molecular formula is C13H9F2NO3. The normalized spacial score (nSPS) is 10.5. The van der Waals surface area contributed by atoms with Gasteiger partial charge < -0.3 is 9.84 Å². The third-order valence-corrected chi connectivity index (χ3v) is 2.39. The van der Waals surface area contributed by atoms with E-state index >= 15 is 0 Å². The van der Waals surface area contributed by atoms with E-state index in [2.05, 4.69) is 9.72 Å². The van der Waals surface area contributed by atoms with E-state index in [4.69, 9.17) is 5.11 Å². The Morgan fingerprint density at radius 3 is 2.42 bits per heavy atom. The average Bonchev–Trinajstić information content (AvgIpc) is 2.38. The van der Waals surface area contributed by atoms with Gasteiger partial charge >= 0.3 is 12.6 Å². The maximum atomic E-state index is 12.2. The minimum Gasteiger partial charge on any atom is -0.478 e. The molecule has 1 N–H and O–H groups in total. The Bertz CT molecular complexity index is 588. The second-order valence-corrected chi connectivity index (χ2v) is 3.67. The first-order valence-corrected chi connectivity index (χ1v) is 5.30. The van der Waals surface area contributed by atoms with Crippen molar-refractivity contribution in [3.8, 4) is 16.9 Å². The lowest BCUT2D eigenvalue weighted by Crippen LogP contribution is -2.04. The number of rotatable bonds is 4. The fraction of sp³-hybridized carbons (Fsp3) is 0.0769. The molecule has 4 nitrogen and oxygen atoms in total.